The summed E-state index contributed by atoms with van der Waals surface area (Å²) in [5.74, 6) is -0.809. The van der Waals surface area contributed by atoms with Crippen LogP contribution in [0, 0.1) is 0 Å². The Morgan fingerprint density at radius 3 is 2.10 bits per heavy atom. The first kappa shape index (κ1) is 20.8. The Balaban J connectivity index is 1.52. The topological polar surface area (TPSA) is 114 Å². The van der Waals surface area contributed by atoms with Gasteiger partial charge < -0.3 is 9.57 Å². The van der Waals surface area contributed by atoms with Crippen molar-refractivity contribution >= 4 is 24.5 Å². The van der Waals surface area contributed by atoms with E-state index < -0.39 is 18.1 Å². The van der Waals surface area contributed by atoms with Gasteiger partial charge in [0.05, 0.1) is 0 Å². The second kappa shape index (κ2) is 9.55. The zero-order chi connectivity index (χ0) is 21.5. The molecule has 0 aromatic heterocycles. The number of nitrogens with zero attached hydrogens (tertiary/aromatic N) is 1. The third-order valence-electron chi connectivity index (χ3n) is 4.60. The van der Waals surface area contributed by atoms with Crippen molar-refractivity contribution in [3.05, 3.63) is 59.7 Å². The van der Waals surface area contributed by atoms with Crippen molar-refractivity contribution in [3.8, 4) is 11.1 Å². The van der Waals surface area contributed by atoms with Gasteiger partial charge in [0.15, 0.2) is 0 Å². The number of carbonyl (C=O) groups is 4. The second-order valence-corrected chi connectivity index (χ2v) is 6.53. The van der Waals surface area contributed by atoms with Gasteiger partial charge >= 0.3 is 12.2 Å². The van der Waals surface area contributed by atoms with Crippen LogP contribution in [0.4, 0.5) is 9.59 Å². The molecule has 0 saturated carbocycles. The molecule has 2 N–H and O–H groups in total. The highest BCUT2D eigenvalue weighted by Crippen LogP contribution is 2.44. The van der Waals surface area contributed by atoms with E-state index in [1.54, 1.807) is 6.92 Å². The molecular weight excluding hydrogens is 390 g/mol. The second-order valence-electron chi connectivity index (χ2n) is 6.53. The Hall–Kier alpha value is -3.88. The quantitative estimate of drug-likeness (QED) is 0.578. The van der Waals surface area contributed by atoms with E-state index in [2.05, 4.69) is 4.84 Å². The van der Waals surface area contributed by atoms with Gasteiger partial charge in [-0.05, 0) is 28.7 Å². The van der Waals surface area contributed by atoms with Gasteiger partial charge in [-0.2, -0.15) is 0 Å². The van der Waals surface area contributed by atoms with Crippen molar-refractivity contribution in [1.82, 2.24) is 15.9 Å². The number of carbonyl (C=O) groups excluding carboxylic acids is 4. The minimum absolute atomic E-state index is 0.0336. The summed E-state index contributed by atoms with van der Waals surface area (Å²) in [6, 6.07) is 15.8. The number of hydrogen-bond acceptors (Lipinski definition) is 6. The highest BCUT2D eigenvalue weighted by atomic mass is 16.7. The summed E-state index contributed by atoms with van der Waals surface area (Å²) in [5.41, 5.74) is 8.22. The largest absolute Gasteiger partial charge is 0.451 e. The fourth-order valence-corrected chi connectivity index (χ4v) is 3.30. The lowest BCUT2D eigenvalue weighted by atomic mass is 9.98. The van der Waals surface area contributed by atoms with Gasteiger partial charge in [0, 0.05) is 12.3 Å². The number of hydrazine groups is 1. The molecule has 1 aliphatic rings. The van der Waals surface area contributed by atoms with Crippen LogP contribution in [0.15, 0.2) is 48.5 Å². The summed E-state index contributed by atoms with van der Waals surface area (Å²) in [7, 11) is 0. The maximum absolute atomic E-state index is 12.0. The summed E-state index contributed by atoms with van der Waals surface area (Å²) in [4.78, 5) is 50.6. The molecule has 4 amide bonds. The van der Waals surface area contributed by atoms with E-state index in [4.69, 9.17) is 4.74 Å². The van der Waals surface area contributed by atoms with Crippen LogP contribution in [0.25, 0.3) is 11.1 Å². The molecular formula is C21H21N3O6. The number of hydrogen-bond donors (Lipinski definition) is 2. The molecule has 0 unspecified atom stereocenters. The monoisotopic (exact) mass is 411 g/mol. The van der Waals surface area contributed by atoms with E-state index in [0.717, 1.165) is 22.3 Å². The average molecular weight is 411 g/mol. The van der Waals surface area contributed by atoms with Crippen LogP contribution in [-0.2, 0) is 19.2 Å². The third-order valence-corrected chi connectivity index (χ3v) is 4.60. The van der Waals surface area contributed by atoms with E-state index in [9.17, 15) is 19.2 Å². The van der Waals surface area contributed by atoms with Crippen molar-refractivity contribution in [3.63, 3.8) is 0 Å². The maximum Gasteiger partial charge on any atom is 0.451 e. The Kier molecular flexibility index (Phi) is 6.63. The fraction of sp³-hybridized carbons (Fsp3) is 0.238. The molecule has 156 valence electrons. The molecule has 0 heterocycles. The van der Waals surface area contributed by atoms with E-state index in [-0.39, 0.29) is 30.4 Å². The lowest BCUT2D eigenvalue weighted by Crippen LogP contribution is -2.45. The van der Waals surface area contributed by atoms with Crippen molar-refractivity contribution < 1.29 is 28.8 Å². The molecule has 1 aliphatic carbocycles. The number of amides is 4. The Morgan fingerprint density at radius 1 is 0.967 bits per heavy atom. The van der Waals surface area contributed by atoms with Crippen molar-refractivity contribution in [2.24, 2.45) is 0 Å². The van der Waals surface area contributed by atoms with Crippen LogP contribution in [-0.4, -0.2) is 36.2 Å². The zero-order valence-electron chi connectivity index (χ0n) is 16.3. The molecule has 9 nitrogen and oxygen atoms in total. The van der Waals surface area contributed by atoms with Gasteiger partial charge in [-0.25, -0.2) is 20.4 Å². The van der Waals surface area contributed by atoms with Crippen molar-refractivity contribution in [2.45, 2.75) is 25.7 Å². The average Bonchev–Trinajstić information content (AvgIpc) is 3.08. The number of benzene rings is 2. The van der Waals surface area contributed by atoms with Gasteiger partial charge in [0.25, 0.3) is 12.3 Å². The van der Waals surface area contributed by atoms with Crippen LogP contribution < -0.4 is 10.9 Å². The van der Waals surface area contributed by atoms with E-state index >= 15 is 0 Å². The van der Waals surface area contributed by atoms with Crippen molar-refractivity contribution in [2.75, 3.05) is 6.61 Å². The number of imide groups is 1. The number of hydroxylamine groups is 2. The minimum Gasteiger partial charge on any atom is -0.447 e. The SMILES string of the molecule is CCCC(=O)N(C=O)OC(=O)NNC(=O)OCC1c2ccccc2-c2ccccc21. The highest BCUT2D eigenvalue weighted by Gasteiger charge is 2.29. The summed E-state index contributed by atoms with van der Waals surface area (Å²) in [6.07, 6.45) is -1.53. The zero-order valence-corrected chi connectivity index (χ0v) is 16.3. The predicted octanol–water partition coefficient (Wildman–Crippen LogP) is 2.87. The Bertz CT molecular complexity index is 916. The van der Waals surface area contributed by atoms with Crippen LogP contribution in [0.2, 0.25) is 0 Å². The number of fused-ring (bicyclic) bond motifs is 3. The first-order valence-corrected chi connectivity index (χ1v) is 9.41. The molecule has 0 fully saturated rings. The fourth-order valence-electron chi connectivity index (χ4n) is 3.30. The molecule has 0 atom stereocenters. The van der Waals surface area contributed by atoms with E-state index in [0.29, 0.717) is 6.42 Å². The molecule has 2 aromatic rings. The normalized spacial score (nSPS) is 11.6. The number of rotatable bonds is 5. The van der Waals surface area contributed by atoms with Gasteiger partial charge in [-0.15, -0.1) is 5.06 Å². The van der Waals surface area contributed by atoms with Crippen LogP contribution in [0.5, 0.6) is 0 Å². The minimum atomic E-state index is -1.21. The first-order chi connectivity index (χ1) is 14.5. The third kappa shape index (κ3) is 4.57. The van der Waals surface area contributed by atoms with Gasteiger partial charge in [0.1, 0.15) is 6.61 Å². The molecule has 9 heteroatoms. The van der Waals surface area contributed by atoms with E-state index in [1.165, 1.54) is 0 Å². The predicted molar refractivity (Wildman–Crippen MR) is 106 cm³/mol. The molecule has 30 heavy (non-hydrogen) atoms. The first-order valence-electron chi connectivity index (χ1n) is 9.41. The Morgan fingerprint density at radius 2 is 1.53 bits per heavy atom. The lowest BCUT2D eigenvalue weighted by Gasteiger charge is -2.16. The van der Waals surface area contributed by atoms with Gasteiger partial charge in [-0.3, -0.25) is 9.59 Å². The standard InChI is InChI=1S/C21H21N3O6/c1-2-7-19(26)24(13-25)30-21(28)23-22-20(27)29-12-18-16-10-5-3-8-14(16)15-9-4-6-11-17(15)18/h3-6,8-11,13,18H,2,7,12H2,1H3,(H,22,27)(H,23,28). The number of nitrogens with one attached hydrogen (secondary N) is 2. The van der Waals surface area contributed by atoms with Crippen LogP contribution >= 0.6 is 0 Å². The van der Waals surface area contributed by atoms with Gasteiger partial charge in [-0.1, -0.05) is 55.5 Å². The highest BCUT2D eigenvalue weighted by molar-refractivity contribution is 5.86. The number of ether oxygens (including phenoxy) is 1. The van der Waals surface area contributed by atoms with Gasteiger partial charge in [0.2, 0.25) is 0 Å². The Labute approximate surface area is 172 Å². The molecule has 0 spiro atoms. The summed E-state index contributed by atoms with van der Waals surface area (Å²) in [6.45, 7) is 1.80. The maximum atomic E-state index is 12.0. The van der Waals surface area contributed by atoms with Crippen LogP contribution in [0.1, 0.15) is 36.8 Å². The lowest BCUT2D eigenvalue weighted by molar-refractivity contribution is -0.170. The summed E-state index contributed by atoms with van der Waals surface area (Å²) in [5, 5.41) is 0.262. The molecule has 2 aromatic carbocycles. The van der Waals surface area contributed by atoms with E-state index in [1.807, 2.05) is 59.4 Å². The van der Waals surface area contributed by atoms with Crippen LogP contribution in [0.3, 0.4) is 0 Å². The molecule has 3 rings (SSSR count). The molecule has 0 aliphatic heterocycles. The molecule has 0 saturated heterocycles. The molecule has 0 radical (unpaired) electrons. The molecule has 0 bridgehead atoms. The van der Waals surface area contributed by atoms with Crippen molar-refractivity contribution in [1.29, 1.82) is 0 Å². The summed E-state index contributed by atoms with van der Waals surface area (Å²) < 4.78 is 5.24. The smallest absolute Gasteiger partial charge is 0.447 e. The summed E-state index contributed by atoms with van der Waals surface area (Å²) >= 11 is 0.